The van der Waals surface area contributed by atoms with Gasteiger partial charge in [0.05, 0.1) is 5.69 Å². The fourth-order valence-electron chi connectivity index (χ4n) is 2.52. The van der Waals surface area contributed by atoms with Gasteiger partial charge in [-0.25, -0.2) is 0 Å². The third-order valence-corrected chi connectivity index (χ3v) is 3.45. The van der Waals surface area contributed by atoms with E-state index < -0.39 is 0 Å². The number of nitrogens with one attached hydrogen (secondary N) is 1. The molecule has 0 radical (unpaired) electrons. The molecule has 1 aromatic rings. The lowest BCUT2D eigenvalue weighted by atomic mass is 9.84. The van der Waals surface area contributed by atoms with Crippen molar-refractivity contribution in [1.82, 2.24) is 0 Å². The Labute approximate surface area is 104 Å². The lowest BCUT2D eigenvalue weighted by Crippen LogP contribution is -2.20. The van der Waals surface area contributed by atoms with E-state index in [9.17, 15) is 0 Å². The number of para-hydroxylation sites is 1. The van der Waals surface area contributed by atoms with E-state index in [1.54, 1.807) is 0 Å². The minimum Gasteiger partial charge on any atom is -0.279 e. The van der Waals surface area contributed by atoms with Crippen LogP contribution in [0.4, 0.5) is 5.69 Å². The Morgan fingerprint density at radius 1 is 1.24 bits per heavy atom. The fourth-order valence-corrected chi connectivity index (χ4v) is 2.52. The average Bonchev–Trinajstić information content (AvgIpc) is 2.39. The normalized spacial score (nSPS) is 22.6. The number of hydrazone groups is 1. The van der Waals surface area contributed by atoms with Crippen LogP contribution in [0.5, 0.6) is 0 Å². The van der Waals surface area contributed by atoms with Crippen LogP contribution in [0.2, 0.25) is 0 Å². The van der Waals surface area contributed by atoms with Gasteiger partial charge in [-0.2, -0.15) is 5.10 Å². The van der Waals surface area contributed by atoms with Crippen LogP contribution in [-0.2, 0) is 0 Å². The summed E-state index contributed by atoms with van der Waals surface area (Å²) >= 11 is 0. The van der Waals surface area contributed by atoms with E-state index in [0.29, 0.717) is 5.92 Å². The van der Waals surface area contributed by atoms with E-state index in [1.165, 1.54) is 44.2 Å². The monoisotopic (exact) mass is 230 g/mol. The molecule has 1 atom stereocenters. The van der Waals surface area contributed by atoms with E-state index in [0.717, 1.165) is 5.69 Å². The van der Waals surface area contributed by atoms with Gasteiger partial charge in [-0.3, -0.25) is 5.43 Å². The zero-order valence-corrected chi connectivity index (χ0v) is 10.7. The summed E-state index contributed by atoms with van der Waals surface area (Å²) in [6, 6.07) is 10.2. The quantitative estimate of drug-likeness (QED) is 0.759. The summed E-state index contributed by atoms with van der Waals surface area (Å²) in [6.45, 7) is 2.26. The van der Waals surface area contributed by atoms with Crippen LogP contribution in [0, 0.1) is 5.92 Å². The second-order valence-corrected chi connectivity index (χ2v) is 4.81. The molecule has 0 amide bonds. The molecular formula is C15H22N2. The van der Waals surface area contributed by atoms with Gasteiger partial charge in [0, 0.05) is 5.71 Å². The number of hydrogen-bond acceptors (Lipinski definition) is 2. The molecule has 1 N–H and O–H groups in total. The highest BCUT2D eigenvalue weighted by Crippen LogP contribution is 2.25. The molecule has 1 aliphatic carbocycles. The van der Waals surface area contributed by atoms with Crippen molar-refractivity contribution in [2.24, 2.45) is 11.0 Å². The smallest absolute Gasteiger partial charge is 0.0561 e. The van der Waals surface area contributed by atoms with E-state index >= 15 is 0 Å². The van der Waals surface area contributed by atoms with E-state index in [2.05, 4.69) is 29.6 Å². The molecule has 1 fully saturated rings. The lowest BCUT2D eigenvalue weighted by Gasteiger charge is -2.23. The standard InChI is InChI=1S/C15H22N2/c1-2-8-13-9-6-7-12-15(13)17-16-14-10-4-3-5-11-14/h3-5,10-11,13,16H,2,6-9,12H2,1H3. The van der Waals surface area contributed by atoms with Crippen molar-refractivity contribution >= 4 is 11.4 Å². The Hall–Kier alpha value is -1.31. The maximum atomic E-state index is 4.62. The highest BCUT2D eigenvalue weighted by atomic mass is 15.3. The van der Waals surface area contributed by atoms with Gasteiger partial charge in [-0.05, 0) is 43.7 Å². The molecule has 0 aromatic heterocycles. The van der Waals surface area contributed by atoms with Gasteiger partial charge in [0.15, 0.2) is 0 Å². The summed E-state index contributed by atoms with van der Waals surface area (Å²) in [6.07, 6.45) is 7.71. The van der Waals surface area contributed by atoms with Crippen molar-refractivity contribution in [3.05, 3.63) is 30.3 Å². The number of benzene rings is 1. The van der Waals surface area contributed by atoms with Crippen LogP contribution in [0.3, 0.4) is 0 Å². The van der Waals surface area contributed by atoms with Crippen LogP contribution >= 0.6 is 0 Å². The first-order valence-corrected chi connectivity index (χ1v) is 6.77. The largest absolute Gasteiger partial charge is 0.279 e. The Bertz CT molecular complexity index is 354. The summed E-state index contributed by atoms with van der Waals surface area (Å²) in [5, 5.41) is 4.62. The van der Waals surface area contributed by atoms with Crippen molar-refractivity contribution in [2.45, 2.75) is 45.4 Å². The van der Waals surface area contributed by atoms with E-state index in [-0.39, 0.29) is 0 Å². The van der Waals surface area contributed by atoms with Crippen LogP contribution in [-0.4, -0.2) is 5.71 Å². The number of nitrogens with zero attached hydrogens (tertiary/aromatic N) is 1. The predicted octanol–water partition coefficient (Wildman–Crippen LogP) is 4.44. The number of rotatable bonds is 4. The Balaban J connectivity index is 1.98. The second-order valence-electron chi connectivity index (χ2n) is 4.81. The zero-order valence-electron chi connectivity index (χ0n) is 10.7. The zero-order chi connectivity index (χ0) is 11.9. The van der Waals surface area contributed by atoms with Crippen molar-refractivity contribution in [2.75, 3.05) is 5.43 Å². The Kier molecular flexibility index (Phi) is 4.60. The molecule has 2 heteroatoms. The number of anilines is 1. The van der Waals surface area contributed by atoms with Crippen molar-refractivity contribution in [3.63, 3.8) is 0 Å². The number of hydrogen-bond donors (Lipinski definition) is 1. The molecule has 0 saturated heterocycles. The van der Waals surface area contributed by atoms with Gasteiger partial charge >= 0.3 is 0 Å². The van der Waals surface area contributed by atoms with Crippen molar-refractivity contribution in [3.8, 4) is 0 Å². The van der Waals surface area contributed by atoms with Crippen LogP contribution in [0.1, 0.15) is 45.4 Å². The van der Waals surface area contributed by atoms with Gasteiger partial charge < -0.3 is 0 Å². The van der Waals surface area contributed by atoms with Crippen LogP contribution in [0.15, 0.2) is 35.4 Å². The van der Waals surface area contributed by atoms with Crippen LogP contribution in [0.25, 0.3) is 0 Å². The molecule has 0 heterocycles. The summed E-state index contributed by atoms with van der Waals surface area (Å²) in [7, 11) is 0. The van der Waals surface area contributed by atoms with Crippen LogP contribution < -0.4 is 5.43 Å². The first kappa shape index (κ1) is 12.2. The molecule has 0 spiro atoms. The second kappa shape index (κ2) is 6.43. The summed E-state index contributed by atoms with van der Waals surface area (Å²) in [4.78, 5) is 0. The minimum atomic E-state index is 0.713. The molecule has 2 nitrogen and oxygen atoms in total. The molecule has 0 aliphatic heterocycles. The molecular weight excluding hydrogens is 208 g/mol. The van der Waals surface area contributed by atoms with Gasteiger partial charge in [-0.15, -0.1) is 0 Å². The SMILES string of the molecule is CCCC1CCCCC1=NNc1ccccc1. The summed E-state index contributed by atoms with van der Waals surface area (Å²) in [5.74, 6) is 0.713. The molecule has 1 aromatic carbocycles. The molecule has 92 valence electrons. The molecule has 2 rings (SSSR count). The third-order valence-electron chi connectivity index (χ3n) is 3.45. The lowest BCUT2D eigenvalue weighted by molar-refractivity contribution is 0.492. The molecule has 1 saturated carbocycles. The Morgan fingerprint density at radius 3 is 2.82 bits per heavy atom. The first-order valence-electron chi connectivity index (χ1n) is 6.77. The van der Waals surface area contributed by atoms with E-state index in [4.69, 9.17) is 0 Å². The third kappa shape index (κ3) is 3.58. The molecule has 0 bridgehead atoms. The molecule has 1 aliphatic rings. The summed E-state index contributed by atoms with van der Waals surface area (Å²) < 4.78 is 0. The van der Waals surface area contributed by atoms with Crippen molar-refractivity contribution < 1.29 is 0 Å². The topological polar surface area (TPSA) is 24.4 Å². The molecule has 17 heavy (non-hydrogen) atoms. The predicted molar refractivity (Wildman–Crippen MR) is 74.4 cm³/mol. The highest BCUT2D eigenvalue weighted by molar-refractivity contribution is 5.88. The maximum Gasteiger partial charge on any atom is 0.0561 e. The van der Waals surface area contributed by atoms with Crippen molar-refractivity contribution in [1.29, 1.82) is 0 Å². The minimum absolute atomic E-state index is 0.713. The van der Waals surface area contributed by atoms with Gasteiger partial charge in [0.2, 0.25) is 0 Å². The average molecular weight is 230 g/mol. The first-order chi connectivity index (χ1) is 8.40. The highest BCUT2D eigenvalue weighted by Gasteiger charge is 2.19. The Morgan fingerprint density at radius 2 is 2.06 bits per heavy atom. The van der Waals surface area contributed by atoms with E-state index in [1.807, 2.05) is 18.2 Å². The van der Waals surface area contributed by atoms with Gasteiger partial charge in [0.1, 0.15) is 0 Å². The van der Waals surface area contributed by atoms with Gasteiger partial charge in [0.25, 0.3) is 0 Å². The molecule has 1 unspecified atom stereocenters. The summed E-state index contributed by atoms with van der Waals surface area (Å²) in [5.41, 5.74) is 5.65. The fraction of sp³-hybridized carbons (Fsp3) is 0.533. The van der Waals surface area contributed by atoms with Gasteiger partial charge in [-0.1, -0.05) is 38.0 Å². The maximum absolute atomic E-state index is 4.62.